The van der Waals surface area contributed by atoms with Crippen LogP contribution in [0.4, 0.5) is 5.69 Å². The van der Waals surface area contributed by atoms with Crippen molar-refractivity contribution >= 4 is 11.6 Å². The summed E-state index contributed by atoms with van der Waals surface area (Å²) in [6.45, 7) is 1.27. The maximum absolute atomic E-state index is 13.0. The average molecular weight is 448 g/mol. The molecule has 9 nitrogen and oxygen atoms in total. The van der Waals surface area contributed by atoms with Gasteiger partial charge in [0.1, 0.15) is 19.0 Å². The van der Waals surface area contributed by atoms with E-state index in [2.05, 4.69) is 16.2 Å². The number of carbonyl (C=O) groups is 1. The Morgan fingerprint density at radius 3 is 2.70 bits per heavy atom. The number of carbonyl (C=O) groups excluding carboxylic acids is 1. The van der Waals surface area contributed by atoms with E-state index in [4.69, 9.17) is 24.0 Å². The minimum Gasteiger partial charge on any atom is -0.497 e. The number of anilines is 1. The second-order valence-electron chi connectivity index (χ2n) is 7.38. The Morgan fingerprint density at radius 1 is 1.15 bits per heavy atom. The van der Waals surface area contributed by atoms with E-state index in [0.717, 1.165) is 11.3 Å². The van der Waals surface area contributed by atoms with Crippen molar-refractivity contribution in [1.29, 1.82) is 5.26 Å². The van der Waals surface area contributed by atoms with Gasteiger partial charge in [0.25, 0.3) is 0 Å². The first-order valence-electron chi connectivity index (χ1n) is 10.7. The molecule has 2 aromatic carbocycles. The summed E-state index contributed by atoms with van der Waals surface area (Å²) in [6.07, 6.45) is 1.52. The molecule has 4 rings (SSSR count). The molecule has 0 radical (unpaired) electrons. The van der Waals surface area contributed by atoms with Crippen LogP contribution in [0.2, 0.25) is 0 Å². The zero-order chi connectivity index (χ0) is 23.0. The minimum absolute atomic E-state index is 0.0863. The maximum atomic E-state index is 13.0. The fourth-order valence-electron chi connectivity index (χ4n) is 3.50. The van der Waals surface area contributed by atoms with Gasteiger partial charge in [-0.05, 0) is 42.8 Å². The molecule has 0 N–H and O–H groups in total. The van der Waals surface area contributed by atoms with Gasteiger partial charge in [0, 0.05) is 36.7 Å². The molecular weight excluding hydrogens is 424 g/mol. The molecule has 0 aliphatic carbocycles. The molecule has 0 fully saturated rings. The van der Waals surface area contributed by atoms with E-state index in [1.165, 1.54) is 0 Å². The van der Waals surface area contributed by atoms with Gasteiger partial charge < -0.3 is 23.6 Å². The first kappa shape index (κ1) is 22.1. The van der Waals surface area contributed by atoms with Crippen LogP contribution in [0, 0.1) is 11.3 Å². The van der Waals surface area contributed by atoms with Gasteiger partial charge in [-0.3, -0.25) is 4.79 Å². The van der Waals surface area contributed by atoms with Crippen molar-refractivity contribution in [3.63, 3.8) is 0 Å². The number of benzene rings is 2. The predicted octanol–water partition coefficient (Wildman–Crippen LogP) is 3.79. The van der Waals surface area contributed by atoms with Crippen molar-refractivity contribution in [1.82, 2.24) is 10.1 Å². The predicted molar refractivity (Wildman–Crippen MR) is 119 cm³/mol. The van der Waals surface area contributed by atoms with Crippen molar-refractivity contribution in [2.24, 2.45) is 0 Å². The summed E-state index contributed by atoms with van der Waals surface area (Å²) in [6, 6.07) is 14.9. The highest BCUT2D eigenvalue weighted by Crippen LogP contribution is 2.34. The highest BCUT2D eigenvalue weighted by Gasteiger charge is 2.20. The Labute approximate surface area is 191 Å². The maximum Gasteiger partial charge on any atom is 0.227 e. The number of amides is 1. The molecule has 0 saturated carbocycles. The van der Waals surface area contributed by atoms with E-state index in [1.54, 1.807) is 24.1 Å². The van der Waals surface area contributed by atoms with Crippen LogP contribution >= 0.6 is 0 Å². The van der Waals surface area contributed by atoms with E-state index in [9.17, 15) is 4.79 Å². The molecule has 33 heavy (non-hydrogen) atoms. The van der Waals surface area contributed by atoms with Gasteiger partial charge in [0.15, 0.2) is 11.5 Å². The topological polar surface area (TPSA) is 111 Å². The highest BCUT2D eigenvalue weighted by atomic mass is 16.6. The molecule has 0 bridgehead atoms. The molecule has 1 aliphatic heterocycles. The quantitative estimate of drug-likeness (QED) is 0.486. The normalized spacial score (nSPS) is 12.1. The van der Waals surface area contributed by atoms with Gasteiger partial charge in [-0.25, -0.2) is 0 Å². The summed E-state index contributed by atoms with van der Waals surface area (Å²) in [5.74, 6) is 2.88. The third kappa shape index (κ3) is 5.41. The summed E-state index contributed by atoms with van der Waals surface area (Å²) in [5, 5.41) is 13.0. The monoisotopic (exact) mass is 448 g/mol. The van der Waals surface area contributed by atoms with Crippen LogP contribution in [0.3, 0.4) is 0 Å². The van der Waals surface area contributed by atoms with Crippen LogP contribution in [0.1, 0.15) is 25.2 Å². The zero-order valence-corrected chi connectivity index (χ0v) is 18.3. The molecule has 0 spiro atoms. The van der Waals surface area contributed by atoms with Crippen LogP contribution in [0.5, 0.6) is 17.2 Å². The summed E-state index contributed by atoms with van der Waals surface area (Å²) in [5.41, 5.74) is 1.50. The van der Waals surface area contributed by atoms with Crippen molar-refractivity contribution in [3.8, 4) is 34.7 Å². The summed E-state index contributed by atoms with van der Waals surface area (Å²) in [4.78, 5) is 19.0. The van der Waals surface area contributed by atoms with Gasteiger partial charge in [-0.2, -0.15) is 10.2 Å². The molecule has 0 unspecified atom stereocenters. The summed E-state index contributed by atoms with van der Waals surface area (Å²) >= 11 is 0. The summed E-state index contributed by atoms with van der Waals surface area (Å²) in [7, 11) is 1.61. The number of aromatic nitrogens is 2. The molecule has 1 aromatic heterocycles. The number of fused-ring (bicyclic) bond motifs is 1. The lowest BCUT2D eigenvalue weighted by Crippen LogP contribution is -2.31. The van der Waals surface area contributed by atoms with Gasteiger partial charge in [-0.15, -0.1) is 0 Å². The molecule has 0 saturated heterocycles. The van der Waals surface area contributed by atoms with Crippen LogP contribution in [0.15, 0.2) is 47.0 Å². The molecule has 9 heteroatoms. The zero-order valence-electron chi connectivity index (χ0n) is 18.3. The second kappa shape index (κ2) is 10.5. The lowest BCUT2D eigenvalue weighted by molar-refractivity contribution is -0.118. The second-order valence-corrected chi connectivity index (χ2v) is 7.38. The molecule has 1 amide bonds. The highest BCUT2D eigenvalue weighted by molar-refractivity contribution is 5.93. The lowest BCUT2D eigenvalue weighted by atomic mass is 10.1. The lowest BCUT2D eigenvalue weighted by Gasteiger charge is -2.25. The SMILES string of the molecule is COc1ccc(-c2noc(CCCC(=O)N(CCC#N)c3ccc4c(c3)OCCO4)n2)cc1. The Balaban J connectivity index is 1.37. The van der Waals surface area contributed by atoms with E-state index >= 15 is 0 Å². The average Bonchev–Trinajstić information content (AvgIpc) is 3.33. The van der Waals surface area contributed by atoms with Gasteiger partial charge in [0.2, 0.25) is 17.6 Å². The van der Waals surface area contributed by atoms with Crippen LogP contribution in [-0.2, 0) is 11.2 Å². The number of rotatable bonds is 9. The third-order valence-corrected chi connectivity index (χ3v) is 5.18. The van der Waals surface area contributed by atoms with Crippen LogP contribution in [0.25, 0.3) is 11.4 Å². The van der Waals surface area contributed by atoms with Crippen LogP contribution < -0.4 is 19.1 Å². The van der Waals surface area contributed by atoms with Crippen LogP contribution in [-0.4, -0.2) is 42.9 Å². The van der Waals surface area contributed by atoms with Crippen molar-refractivity contribution in [2.75, 3.05) is 31.8 Å². The number of ether oxygens (including phenoxy) is 3. The first-order chi connectivity index (χ1) is 16.2. The van der Waals surface area contributed by atoms with E-state index in [0.29, 0.717) is 61.5 Å². The Bertz CT molecular complexity index is 1140. The largest absolute Gasteiger partial charge is 0.497 e. The number of hydrogen-bond donors (Lipinski definition) is 0. The molecule has 0 atom stereocenters. The first-order valence-corrected chi connectivity index (χ1v) is 10.7. The number of nitriles is 1. The van der Waals surface area contributed by atoms with Gasteiger partial charge >= 0.3 is 0 Å². The molecule has 3 aromatic rings. The van der Waals surface area contributed by atoms with Gasteiger partial charge in [0.05, 0.1) is 19.6 Å². The fourth-order valence-corrected chi connectivity index (χ4v) is 3.50. The number of hydrogen-bond acceptors (Lipinski definition) is 8. The van der Waals surface area contributed by atoms with Crippen molar-refractivity contribution in [3.05, 3.63) is 48.4 Å². The van der Waals surface area contributed by atoms with Crippen molar-refractivity contribution in [2.45, 2.75) is 25.7 Å². The summed E-state index contributed by atoms with van der Waals surface area (Å²) < 4.78 is 21.7. The Kier molecular flexibility index (Phi) is 7.05. The van der Waals surface area contributed by atoms with Gasteiger partial charge in [-0.1, -0.05) is 5.16 Å². The Hall–Kier alpha value is -4.06. The fraction of sp³-hybridized carbons (Fsp3) is 0.333. The molecular formula is C24H24N4O5. The smallest absolute Gasteiger partial charge is 0.227 e. The number of methoxy groups -OCH3 is 1. The molecule has 2 heterocycles. The molecule has 170 valence electrons. The van der Waals surface area contributed by atoms with E-state index in [1.807, 2.05) is 30.3 Å². The Morgan fingerprint density at radius 2 is 1.94 bits per heavy atom. The number of nitrogens with zero attached hydrogens (tertiary/aromatic N) is 4. The van der Waals surface area contributed by atoms with E-state index < -0.39 is 0 Å². The number of aryl methyl sites for hydroxylation is 1. The van der Waals surface area contributed by atoms with Crippen molar-refractivity contribution < 1.29 is 23.5 Å². The van der Waals surface area contributed by atoms with E-state index in [-0.39, 0.29) is 18.7 Å². The third-order valence-electron chi connectivity index (χ3n) is 5.18. The standard InChI is InChI=1S/C24H24N4O5/c1-30-19-9-6-17(7-10-19)24-26-22(33-27-24)4-2-5-23(29)28(13-3-12-25)18-8-11-20-21(16-18)32-15-14-31-20/h6-11,16H,2-5,13-15H2,1H3. The molecule has 1 aliphatic rings. The minimum atomic E-state index is -0.0863.